The zero-order valence-corrected chi connectivity index (χ0v) is 89.4. The molecule has 0 saturated carbocycles. The van der Waals surface area contributed by atoms with E-state index < -0.39 is 0 Å². The van der Waals surface area contributed by atoms with Crippen LogP contribution in [0.5, 0.6) is 0 Å². The lowest BCUT2D eigenvalue weighted by atomic mass is 9.95. The lowest BCUT2D eigenvalue weighted by molar-refractivity contribution is 0.00965. The van der Waals surface area contributed by atoms with Crippen molar-refractivity contribution in [1.29, 1.82) is 0 Å². The van der Waals surface area contributed by atoms with E-state index in [1.807, 2.05) is 6.92 Å². The molecule has 8 N–H and O–H groups in total. The van der Waals surface area contributed by atoms with Crippen molar-refractivity contribution in [3.05, 3.63) is 0 Å². The summed E-state index contributed by atoms with van der Waals surface area (Å²) in [7, 11) is 0. The monoisotopic (exact) mass is 1860 g/mol. The molecule has 0 radical (unpaired) electrons. The van der Waals surface area contributed by atoms with Gasteiger partial charge in [-0.25, -0.2) is 0 Å². The van der Waals surface area contributed by atoms with Gasteiger partial charge in [-0.2, -0.15) is 0 Å². The van der Waals surface area contributed by atoms with E-state index in [2.05, 4.69) is 76.2 Å². The van der Waals surface area contributed by atoms with Gasteiger partial charge in [-0.1, -0.05) is 474 Å². The van der Waals surface area contributed by atoms with E-state index in [9.17, 15) is 0 Å². The summed E-state index contributed by atoms with van der Waals surface area (Å²) in [6.07, 6.45) is 95.1. The minimum absolute atomic E-state index is 0.0684. The molecule has 0 aromatic carbocycles. The molecule has 0 aliphatic carbocycles. The molecular weight excluding hydrogens is 1620 g/mol. The minimum Gasteiger partial charge on any atom is -0.396 e. The fraction of sp³-hybridized carbons (Fsp3) is 1.00. The zero-order chi connectivity index (χ0) is 96.6. The van der Waals surface area contributed by atoms with Gasteiger partial charge in [0.15, 0.2) is 0 Å². The molecule has 0 saturated heterocycles. The third-order valence-electron chi connectivity index (χ3n) is 23.9. The molecule has 0 heterocycles. The van der Waals surface area contributed by atoms with Gasteiger partial charge in [0.25, 0.3) is 0 Å². The van der Waals surface area contributed by atoms with Crippen LogP contribution in [0.4, 0.5) is 0 Å². The highest BCUT2D eigenvalue weighted by atomic mass is 16.5. The highest BCUT2D eigenvalue weighted by Crippen LogP contribution is 2.22. The summed E-state index contributed by atoms with van der Waals surface area (Å²) in [5.74, 6) is 2.66. The van der Waals surface area contributed by atoms with Gasteiger partial charge in [-0.15, -0.1) is 0 Å². The van der Waals surface area contributed by atoms with Crippen molar-refractivity contribution in [2.45, 2.75) is 533 Å². The summed E-state index contributed by atoms with van der Waals surface area (Å²) < 4.78 is 47.2. The van der Waals surface area contributed by atoms with Crippen LogP contribution in [0.15, 0.2) is 0 Å². The topological polar surface area (TPSA) is 245 Å². The summed E-state index contributed by atoms with van der Waals surface area (Å²) in [4.78, 5) is 0. The molecule has 0 spiro atoms. The van der Waals surface area contributed by atoms with Crippen LogP contribution in [0.2, 0.25) is 0 Å². The summed E-state index contributed by atoms with van der Waals surface area (Å²) in [6, 6.07) is 0. The summed E-state index contributed by atoms with van der Waals surface area (Å²) in [5, 5.41) is 68.7. The number of ether oxygens (including phenoxy) is 9. The van der Waals surface area contributed by atoms with Crippen LogP contribution in [0.3, 0.4) is 0 Å². The average Bonchev–Trinajstić information content (AvgIpc) is 0.993. The van der Waals surface area contributed by atoms with Crippen LogP contribution >= 0.6 is 0 Å². The first-order chi connectivity index (χ1) is 63.5. The number of unbranched alkanes of at least 4 members (excludes halogenated alkanes) is 54. The van der Waals surface area contributed by atoms with Crippen LogP contribution in [0.1, 0.15) is 533 Å². The highest BCUT2D eigenvalue weighted by Gasteiger charge is 2.11. The average molecular weight is 1860 g/mol. The van der Waals surface area contributed by atoms with Gasteiger partial charge in [0.1, 0.15) is 0 Å². The van der Waals surface area contributed by atoms with E-state index >= 15 is 0 Å². The van der Waals surface area contributed by atoms with Gasteiger partial charge in [0, 0.05) is 52.9 Å². The predicted molar refractivity (Wildman–Crippen MR) is 559 cm³/mol. The van der Waals surface area contributed by atoms with Gasteiger partial charge in [-0.05, 0) is 82.0 Å². The first-order valence-corrected chi connectivity index (χ1v) is 56.6. The van der Waals surface area contributed by atoms with Crippen molar-refractivity contribution in [3.8, 4) is 0 Å². The molecule has 17 heteroatoms. The lowest BCUT2D eigenvalue weighted by Crippen LogP contribution is -2.13. The normalized spacial score (nSPS) is 11.9. The van der Waals surface area contributed by atoms with E-state index in [-0.39, 0.29) is 39.6 Å². The van der Waals surface area contributed by atoms with Gasteiger partial charge in [0.05, 0.1) is 119 Å². The number of hydrogen-bond donors (Lipinski definition) is 8. The summed E-state index contributed by atoms with van der Waals surface area (Å²) >= 11 is 0. The van der Waals surface area contributed by atoms with E-state index in [1.54, 1.807) is 0 Å². The standard InChI is InChI=1S/2C20H42O2.C18H38O2.C16H34O.C12H26O3.C10H22O2.C8H18O4.C8H18O/c1-3-5-7-9-10-12-14-16-20(19-22-18-17-21)15-13-11-8-6-4-2;1-2-3-4-5-6-7-8-9-10-11-12-13-14-15-16-17-19-22-20-18-21;1-2-3-4-5-6-7-8-9-10-11-12-13-14-15-17-20-18-16-19;1-2-3-4-5-6-7-8-9-10-11-12-13-14-15-16-17;1-3-5-6-12(4-2)11-15-10-9-14-8-7-13;1-3-5-6-10(4-2)9-12-8-7-11;1-2-10-5-6-12-8-7-11-4-3-9;1-3-5-6-8(4-2)7-9/h20-21H,3-19H2,1-2H3;21H,2-20H2,1H3;19H,2-18H2,1H3;17H,2-16H2,1H3;12-13H,3-11H2,1-2H3;10-11H,3-9H2,1-2H3;9H,2-8H2,1H3;8-9H,3-7H2,1-2H3. The Kier molecular flexibility index (Phi) is 167. The molecule has 17 nitrogen and oxygen atoms in total. The quantitative estimate of drug-likeness (QED) is 0.0264. The predicted octanol–water partition coefficient (Wildman–Crippen LogP) is 30.0. The van der Waals surface area contributed by atoms with Gasteiger partial charge in [0.2, 0.25) is 0 Å². The third-order valence-corrected chi connectivity index (χ3v) is 23.9. The molecule has 0 rings (SSSR count). The number of hydrogen-bond acceptors (Lipinski definition) is 17. The van der Waals surface area contributed by atoms with E-state index in [1.165, 1.54) is 424 Å². The fourth-order valence-electron chi connectivity index (χ4n) is 15.1. The van der Waals surface area contributed by atoms with Crippen molar-refractivity contribution in [1.82, 2.24) is 0 Å². The number of rotatable bonds is 101. The minimum atomic E-state index is 0.0684. The summed E-state index contributed by atoms with van der Waals surface area (Å²) in [5.41, 5.74) is 0. The fourth-order valence-corrected chi connectivity index (χ4v) is 15.1. The van der Waals surface area contributed by atoms with Crippen LogP contribution in [-0.4, -0.2) is 213 Å². The molecule has 0 fully saturated rings. The second-order valence-corrected chi connectivity index (χ2v) is 36.5. The lowest BCUT2D eigenvalue weighted by Gasteiger charge is -2.17. The van der Waals surface area contributed by atoms with Crippen molar-refractivity contribution >= 4 is 0 Å². The van der Waals surface area contributed by atoms with E-state index in [4.69, 9.17) is 83.5 Å². The second-order valence-electron chi connectivity index (χ2n) is 36.5. The molecule has 790 valence electrons. The van der Waals surface area contributed by atoms with Crippen molar-refractivity contribution in [2.24, 2.45) is 23.7 Å². The largest absolute Gasteiger partial charge is 0.396 e. The molecule has 0 aliphatic rings. The van der Waals surface area contributed by atoms with Crippen molar-refractivity contribution in [3.63, 3.8) is 0 Å². The molecule has 129 heavy (non-hydrogen) atoms. The Bertz CT molecular complexity index is 1610. The number of aliphatic hydroxyl groups excluding tert-OH is 8. The first kappa shape index (κ1) is 144. The Labute approximate surface area is 807 Å². The smallest absolute Gasteiger partial charge is 0.0701 e. The van der Waals surface area contributed by atoms with E-state index in [0.717, 1.165) is 65.3 Å². The van der Waals surface area contributed by atoms with Crippen molar-refractivity contribution < 1.29 is 83.5 Å². The van der Waals surface area contributed by atoms with Crippen LogP contribution in [-0.2, 0) is 42.6 Å². The Hall–Kier alpha value is -0.680. The Morgan fingerprint density at radius 3 is 0.550 bits per heavy atom. The summed E-state index contributed by atoms with van der Waals surface area (Å²) in [6.45, 7) is 39.2. The number of aliphatic hydroxyl groups is 8. The maximum absolute atomic E-state index is 8.84. The second kappa shape index (κ2) is 150. The Balaban J connectivity index is -0.000000219. The van der Waals surface area contributed by atoms with Gasteiger partial charge >= 0.3 is 0 Å². The Morgan fingerprint density at radius 1 is 0.140 bits per heavy atom. The highest BCUT2D eigenvalue weighted by molar-refractivity contribution is 4.63. The molecule has 0 aromatic rings. The van der Waals surface area contributed by atoms with Crippen LogP contribution < -0.4 is 0 Å². The first-order valence-electron chi connectivity index (χ1n) is 56.6. The molecule has 4 atom stereocenters. The van der Waals surface area contributed by atoms with Crippen LogP contribution in [0.25, 0.3) is 0 Å². The molecule has 4 unspecified atom stereocenters. The molecule has 0 amide bonds. The van der Waals surface area contributed by atoms with Gasteiger partial charge < -0.3 is 83.5 Å². The van der Waals surface area contributed by atoms with Crippen molar-refractivity contribution in [2.75, 3.05) is 172 Å². The van der Waals surface area contributed by atoms with E-state index in [0.29, 0.717) is 116 Å². The zero-order valence-electron chi connectivity index (χ0n) is 89.4. The maximum Gasteiger partial charge on any atom is 0.0701 e. The third kappa shape index (κ3) is 158. The van der Waals surface area contributed by atoms with Gasteiger partial charge in [-0.3, -0.25) is 0 Å². The Morgan fingerprint density at radius 2 is 0.318 bits per heavy atom. The maximum atomic E-state index is 8.84. The van der Waals surface area contributed by atoms with Crippen LogP contribution in [0, 0.1) is 23.7 Å². The molecule has 0 aliphatic heterocycles. The SMILES string of the molecule is CCCCC(CC)CO.CCCCC(CC)COCCO.CCCCC(CC)COCCOCCO.CCCCCCCCCC(CCCCCCC)COCCO.CCCCCCCCCCCCCCCCCCOCCO.CCCCCCCCCCCCCCCCO.CCCCCCCCCCCCCCCCOCCO.CCOCCOCCOCCO. The molecule has 0 bridgehead atoms. The molecular formula is C112H240O17. The molecule has 0 aromatic heterocycles.